The molecular formula is C18H17Cl2NO4. The zero-order valence-corrected chi connectivity index (χ0v) is 15.3. The average molecular weight is 382 g/mol. The first kappa shape index (κ1) is 19.1. The van der Waals surface area contributed by atoms with Crippen LogP contribution in [0.25, 0.3) is 0 Å². The van der Waals surface area contributed by atoms with E-state index in [4.69, 9.17) is 32.7 Å². The van der Waals surface area contributed by atoms with Gasteiger partial charge < -0.3 is 14.8 Å². The third-order valence-corrected chi connectivity index (χ3v) is 4.03. The van der Waals surface area contributed by atoms with E-state index in [-0.39, 0.29) is 6.61 Å². The Balaban J connectivity index is 1.80. The lowest BCUT2D eigenvalue weighted by atomic mass is 10.1. The molecule has 0 spiro atoms. The second-order valence-electron chi connectivity index (χ2n) is 5.32. The number of nitrogens with one attached hydrogen (secondary N) is 1. The molecular weight excluding hydrogens is 365 g/mol. The molecule has 1 N–H and O–H groups in total. The lowest BCUT2D eigenvalue weighted by molar-refractivity contribution is -0.149. The first-order valence-electron chi connectivity index (χ1n) is 7.46. The maximum atomic E-state index is 11.8. The van der Waals surface area contributed by atoms with Crippen molar-refractivity contribution in [1.29, 1.82) is 0 Å². The molecule has 0 atom stereocenters. The number of ether oxygens (including phenoxy) is 2. The smallest absolute Gasteiger partial charge is 0.344 e. The van der Waals surface area contributed by atoms with E-state index < -0.39 is 18.5 Å². The number of halogens is 2. The SMILES string of the molecule is Cc1cccc(OCC(=O)OCC(=O)Nc2cc(Cl)ccc2Cl)c1C. The van der Waals surface area contributed by atoms with Crippen LogP contribution in [0.3, 0.4) is 0 Å². The fourth-order valence-electron chi connectivity index (χ4n) is 1.98. The van der Waals surface area contributed by atoms with Crippen molar-refractivity contribution in [1.82, 2.24) is 0 Å². The van der Waals surface area contributed by atoms with Crippen molar-refractivity contribution >= 4 is 40.8 Å². The molecule has 0 unspecified atom stereocenters. The van der Waals surface area contributed by atoms with Crippen molar-refractivity contribution in [2.45, 2.75) is 13.8 Å². The molecule has 25 heavy (non-hydrogen) atoms. The van der Waals surface area contributed by atoms with Crippen LogP contribution in [-0.2, 0) is 14.3 Å². The van der Waals surface area contributed by atoms with Gasteiger partial charge in [0.1, 0.15) is 5.75 Å². The van der Waals surface area contributed by atoms with Crippen LogP contribution in [0.4, 0.5) is 5.69 Å². The van der Waals surface area contributed by atoms with Gasteiger partial charge >= 0.3 is 5.97 Å². The van der Waals surface area contributed by atoms with Crippen LogP contribution in [0.1, 0.15) is 11.1 Å². The third-order valence-electron chi connectivity index (χ3n) is 3.47. The van der Waals surface area contributed by atoms with Gasteiger partial charge in [0.25, 0.3) is 5.91 Å². The normalized spacial score (nSPS) is 10.2. The summed E-state index contributed by atoms with van der Waals surface area (Å²) in [5.74, 6) is -0.565. The van der Waals surface area contributed by atoms with Crippen molar-refractivity contribution in [3.63, 3.8) is 0 Å². The van der Waals surface area contributed by atoms with E-state index in [0.29, 0.717) is 21.5 Å². The molecule has 7 heteroatoms. The molecule has 0 aliphatic carbocycles. The predicted molar refractivity (Wildman–Crippen MR) is 97.5 cm³/mol. The molecule has 0 aliphatic heterocycles. The number of benzene rings is 2. The van der Waals surface area contributed by atoms with Gasteiger partial charge in [-0.1, -0.05) is 35.3 Å². The van der Waals surface area contributed by atoms with E-state index in [2.05, 4.69) is 5.32 Å². The second kappa shape index (κ2) is 8.74. The van der Waals surface area contributed by atoms with Crippen molar-refractivity contribution < 1.29 is 19.1 Å². The van der Waals surface area contributed by atoms with Crippen LogP contribution in [0.5, 0.6) is 5.75 Å². The molecule has 0 fully saturated rings. The summed E-state index contributed by atoms with van der Waals surface area (Å²) >= 11 is 11.8. The first-order chi connectivity index (χ1) is 11.9. The molecule has 0 saturated carbocycles. The molecule has 0 aromatic heterocycles. The van der Waals surface area contributed by atoms with Gasteiger partial charge in [-0.2, -0.15) is 0 Å². The third kappa shape index (κ3) is 5.66. The van der Waals surface area contributed by atoms with E-state index in [1.807, 2.05) is 26.0 Å². The van der Waals surface area contributed by atoms with Crippen LogP contribution >= 0.6 is 23.2 Å². The molecule has 0 heterocycles. The molecule has 0 bridgehead atoms. The van der Waals surface area contributed by atoms with Crippen LogP contribution in [0.2, 0.25) is 10.0 Å². The number of hydrogen-bond acceptors (Lipinski definition) is 4. The highest BCUT2D eigenvalue weighted by molar-refractivity contribution is 6.35. The van der Waals surface area contributed by atoms with Crippen LogP contribution in [0.15, 0.2) is 36.4 Å². The number of carbonyl (C=O) groups excluding carboxylic acids is 2. The van der Waals surface area contributed by atoms with E-state index >= 15 is 0 Å². The maximum Gasteiger partial charge on any atom is 0.344 e. The number of carbonyl (C=O) groups is 2. The molecule has 0 radical (unpaired) electrons. The van der Waals surface area contributed by atoms with Crippen molar-refractivity contribution in [2.24, 2.45) is 0 Å². The number of anilines is 1. The molecule has 132 valence electrons. The summed E-state index contributed by atoms with van der Waals surface area (Å²) in [6.45, 7) is 3.12. The number of rotatable bonds is 6. The van der Waals surface area contributed by atoms with Crippen LogP contribution in [0, 0.1) is 13.8 Å². The number of aryl methyl sites for hydroxylation is 1. The van der Waals surface area contributed by atoms with Gasteiger partial charge in [-0.15, -0.1) is 0 Å². The van der Waals surface area contributed by atoms with Gasteiger partial charge in [-0.3, -0.25) is 4.79 Å². The molecule has 2 aromatic carbocycles. The highest BCUT2D eigenvalue weighted by Gasteiger charge is 2.11. The zero-order valence-electron chi connectivity index (χ0n) is 13.8. The summed E-state index contributed by atoms with van der Waals surface area (Å²) in [5.41, 5.74) is 2.36. The molecule has 1 amide bonds. The van der Waals surface area contributed by atoms with Crippen LogP contribution in [-0.4, -0.2) is 25.1 Å². The Morgan fingerprint density at radius 1 is 1.08 bits per heavy atom. The second-order valence-corrected chi connectivity index (χ2v) is 6.16. The Labute approximate surface area is 155 Å². The van der Waals surface area contributed by atoms with E-state index in [1.54, 1.807) is 18.2 Å². The first-order valence-corrected chi connectivity index (χ1v) is 8.22. The minimum absolute atomic E-state index is 0.282. The lowest BCUT2D eigenvalue weighted by Crippen LogP contribution is -2.23. The van der Waals surface area contributed by atoms with Crippen molar-refractivity contribution in [3.05, 3.63) is 57.6 Å². The van der Waals surface area contributed by atoms with E-state index in [0.717, 1.165) is 11.1 Å². The maximum absolute atomic E-state index is 11.8. The van der Waals surface area contributed by atoms with Crippen molar-refractivity contribution in [3.8, 4) is 5.75 Å². The fraction of sp³-hybridized carbons (Fsp3) is 0.222. The minimum Gasteiger partial charge on any atom is -0.482 e. The molecule has 2 rings (SSSR count). The van der Waals surface area contributed by atoms with Gasteiger partial charge in [0, 0.05) is 5.02 Å². The van der Waals surface area contributed by atoms with Crippen LogP contribution < -0.4 is 10.1 Å². The van der Waals surface area contributed by atoms with Gasteiger partial charge in [0.2, 0.25) is 0 Å². The van der Waals surface area contributed by atoms with Gasteiger partial charge in [-0.05, 0) is 49.2 Å². The summed E-state index contributed by atoms with van der Waals surface area (Å²) in [6.07, 6.45) is 0. The van der Waals surface area contributed by atoms with E-state index in [1.165, 1.54) is 6.07 Å². The Morgan fingerprint density at radius 2 is 1.84 bits per heavy atom. The Hall–Kier alpha value is -2.24. The summed E-state index contributed by atoms with van der Waals surface area (Å²) in [6, 6.07) is 10.2. The summed E-state index contributed by atoms with van der Waals surface area (Å²) in [5, 5.41) is 3.29. The standard InChI is InChI=1S/C18H17Cl2NO4/c1-11-4-3-5-16(12(11)2)24-10-18(23)25-9-17(22)21-15-8-13(19)6-7-14(15)20/h3-8H,9-10H2,1-2H3,(H,21,22). The zero-order chi connectivity index (χ0) is 18.4. The minimum atomic E-state index is -0.645. The molecule has 2 aromatic rings. The molecule has 0 aliphatic rings. The van der Waals surface area contributed by atoms with E-state index in [9.17, 15) is 9.59 Å². The van der Waals surface area contributed by atoms with Gasteiger partial charge in [-0.25, -0.2) is 4.79 Å². The number of amides is 1. The molecule has 5 nitrogen and oxygen atoms in total. The highest BCUT2D eigenvalue weighted by Crippen LogP contribution is 2.25. The topological polar surface area (TPSA) is 64.6 Å². The average Bonchev–Trinajstić information content (AvgIpc) is 2.57. The Bertz CT molecular complexity index is 793. The predicted octanol–water partition coefficient (Wildman–Crippen LogP) is 4.17. The lowest BCUT2D eigenvalue weighted by Gasteiger charge is -2.11. The number of hydrogen-bond donors (Lipinski definition) is 1. The Kier molecular flexibility index (Phi) is 6.67. The van der Waals surface area contributed by atoms with Crippen molar-refractivity contribution in [2.75, 3.05) is 18.5 Å². The Morgan fingerprint density at radius 3 is 2.60 bits per heavy atom. The monoisotopic (exact) mass is 381 g/mol. The largest absolute Gasteiger partial charge is 0.482 e. The summed E-state index contributed by atoms with van der Waals surface area (Å²) < 4.78 is 10.3. The number of esters is 1. The quantitative estimate of drug-likeness (QED) is 0.762. The highest BCUT2D eigenvalue weighted by atomic mass is 35.5. The fourth-order valence-corrected chi connectivity index (χ4v) is 2.32. The summed E-state index contributed by atoms with van der Waals surface area (Å²) in [4.78, 5) is 23.5. The van der Waals surface area contributed by atoms with Gasteiger partial charge in [0.15, 0.2) is 13.2 Å². The molecule has 0 saturated heterocycles. The van der Waals surface area contributed by atoms with Gasteiger partial charge in [0.05, 0.1) is 10.7 Å². The summed E-state index contributed by atoms with van der Waals surface area (Å²) in [7, 11) is 0.